The Labute approximate surface area is 168 Å². The molecule has 2 heterocycles. The van der Waals surface area contributed by atoms with Crippen LogP contribution >= 0.6 is 0 Å². The number of carbonyl (C=O) groups excluding carboxylic acids is 1. The monoisotopic (exact) mass is 386 g/mol. The Hall–Kier alpha value is -1.59. The molecule has 2 aliphatic heterocycles. The second-order valence-corrected chi connectivity index (χ2v) is 9.09. The van der Waals surface area contributed by atoms with Gasteiger partial charge in [-0.2, -0.15) is 0 Å². The molecule has 5 nitrogen and oxygen atoms in total. The zero-order valence-corrected chi connectivity index (χ0v) is 17.3. The van der Waals surface area contributed by atoms with Crippen LogP contribution in [0.5, 0.6) is 5.75 Å². The van der Waals surface area contributed by atoms with E-state index in [2.05, 4.69) is 24.1 Å². The van der Waals surface area contributed by atoms with Gasteiger partial charge >= 0.3 is 0 Å². The molecule has 0 unspecified atom stereocenters. The second-order valence-electron chi connectivity index (χ2n) is 9.09. The lowest BCUT2D eigenvalue weighted by atomic mass is 9.78. The average molecular weight is 387 g/mol. The first kappa shape index (κ1) is 19.7. The van der Waals surface area contributed by atoms with E-state index >= 15 is 0 Å². The van der Waals surface area contributed by atoms with Crippen LogP contribution in [0.3, 0.4) is 0 Å². The standard InChI is InChI=1S/C23H34N2O3/c1-17(2)15-25-11-13-28-23(16-25)10-4-3-7-21(23)24-22(26)19-8-9-20-18(14-19)6-5-12-27-20/h8-9,14,17,21H,3-7,10-13,15-16H2,1-2H3,(H,24,26)/t21-,23+/m0/s1. The van der Waals surface area contributed by atoms with Gasteiger partial charge in [0.2, 0.25) is 0 Å². The predicted molar refractivity (Wildman–Crippen MR) is 110 cm³/mol. The van der Waals surface area contributed by atoms with Gasteiger partial charge in [0, 0.05) is 25.2 Å². The SMILES string of the molecule is CC(C)CN1CCO[C@]2(CCCC[C@@H]2NC(=O)c2ccc3c(c2)CCCO3)C1. The molecule has 2 atom stereocenters. The van der Waals surface area contributed by atoms with Crippen LogP contribution in [-0.4, -0.2) is 55.3 Å². The molecule has 1 saturated heterocycles. The van der Waals surface area contributed by atoms with Crippen molar-refractivity contribution in [3.05, 3.63) is 29.3 Å². The molecule has 3 aliphatic rings. The molecule has 0 bridgehead atoms. The molecule has 0 radical (unpaired) electrons. The van der Waals surface area contributed by atoms with Gasteiger partial charge < -0.3 is 14.8 Å². The topological polar surface area (TPSA) is 50.8 Å². The number of hydrogen-bond acceptors (Lipinski definition) is 4. The summed E-state index contributed by atoms with van der Waals surface area (Å²) in [4.78, 5) is 15.6. The fourth-order valence-electron chi connectivity index (χ4n) is 5.07. The van der Waals surface area contributed by atoms with E-state index in [1.54, 1.807) is 0 Å². The number of nitrogens with zero attached hydrogens (tertiary/aromatic N) is 1. The summed E-state index contributed by atoms with van der Waals surface area (Å²) in [7, 11) is 0. The number of morpholine rings is 1. The number of ether oxygens (including phenoxy) is 2. The van der Waals surface area contributed by atoms with Crippen LogP contribution < -0.4 is 10.1 Å². The molecular weight excluding hydrogens is 352 g/mol. The molecule has 1 saturated carbocycles. The van der Waals surface area contributed by atoms with Crippen LogP contribution in [0.25, 0.3) is 0 Å². The highest BCUT2D eigenvalue weighted by Gasteiger charge is 2.45. The lowest BCUT2D eigenvalue weighted by molar-refractivity contribution is -0.142. The van der Waals surface area contributed by atoms with E-state index in [0.29, 0.717) is 5.92 Å². The predicted octanol–water partition coefficient (Wildman–Crippen LogP) is 3.41. The summed E-state index contributed by atoms with van der Waals surface area (Å²) in [5.74, 6) is 1.59. The molecule has 4 rings (SSSR count). The summed E-state index contributed by atoms with van der Waals surface area (Å²) in [6, 6.07) is 5.92. The Morgan fingerprint density at radius 3 is 3.04 bits per heavy atom. The third kappa shape index (κ3) is 4.20. The van der Waals surface area contributed by atoms with Gasteiger partial charge in [0.05, 0.1) is 19.3 Å². The van der Waals surface area contributed by atoms with Gasteiger partial charge in [-0.15, -0.1) is 0 Å². The molecule has 28 heavy (non-hydrogen) atoms. The number of carbonyl (C=O) groups is 1. The minimum absolute atomic E-state index is 0.0178. The molecule has 1 aromatic rings. The van der Waals surface area contributed by atoms with Crippen molar-refractivity contribution in [2.24, 2.45) is 5.92 Å². The lowest BCUT2D eigenvalue weighted by Gasteiger charge is -2.50. The minimum Gasteiger partial charge on any atom is -0.493 e. The van der Waals surface area contributed by atoms with E-state index in [4.69, 9.17) is 9.47 Å². The molecule has 1 N–H and O–H groups in total. The van der Waals surface area contributed by atoms with Gasteiger partial charge in [0.25, 0.3) is 5.91 Å². The van der Waals surface area contributed by atoms with Gasteiger partial charge in [-0.1, -0.05) is 26.7 Å². The molecule has 1 aromatic carbocycles. The van der Waals surface area contributed by atoms with Crippen molar-refractivity contribution in [3.8, 4) is 5.75 Å². The molecule has 154 valence electrons. The molecule has 2 fully saturated rings. The maximum absolute atomic E-state index is 13.1. The van der Waals surface area contributed by atoms with Crippen LogP contribution in [0.15, 0.2) is 18.2 Å². The Morgan fingerprint density at radius 2 is 2.18 bits per heavy atom. The minimum atomic E-state index is -0.238. The second kappa shape index (κ2) is 8.42. The van der Waals surface area contributed by atoms with E-state index in [9.17, 15) is 4.79 Å². The van der Waals surface area contributed by atoms with Crippen LogP contribution in [-0.2, 0) is 11.2 Å². The van der Waals surface area contributed by atoms with Gasteiger partial charge in [-0.05, 0) is 55.4 Å². The Bertz CT molecular complexity index is 701. The lowest BCUT2D eigenvalue weighted by Crippen LogP contribution is -2.64. The highest BCUT2D eigenvalue weighted by Crippen LogP contribution is 2.35. The summed E-state index contributed by atoms with van der Waals surface area (Å²) in [5, 5.41) is 3.34. The van der Waals surface area contributed by atoms with Crippen LogP contribution in [0, 0.1) is 5.92 Å². The van der Waals surface area contributed by atoms with Crippen LogP contribution in [0.2, 0.25) is 0 Å². The van der Waals surface area contributed by atoms with Crippen molar-refractivity contribution in [3.63, 3.8) is 0 Å². The number of aryl methyl sites for hydroxylation is 1. The average Bonchev–Trinajstić information content (AvgIpc) is 2.69. The molecule has 5 heteroatoms. The first-order chi connectivity index (χ1) is 13.6. The first-order valence-corrected chi connectivity index (χ1v) is 11.0. The zero-order valence-electron chi connectivity index (χ0n) is 17.3. The van der Waals surface area contributed by atoms with Crippen molar-refractivity contribution in [2.75, 3.05) is 32.8 Å². The molecule has 0 aromatic heterocycles. The van der Waals surface area contributed by atoms with Gasteiger partial charge in [-0.3, -0.25) is 9.69 Å². The summed E-state index contributed by atoms with van der Waals surface area (Å²) in [6.45, 7) is 9.07. The normalized spacial score (nSPS) is 28.0. The molecule has 1 spiro atoms. The van der Waals surface area contributed by atoms with Gasteiger partial charge in [-0.25, -0.2) is 0 Å². The fraction of sp³-hybridized carbons (Fsp3) is 0.696. The number of fused-ring (bicyclic) bond motifs is 1. The molecule has 1 aliphatic carbocycles. The number of rotatable bonds is 4. The summed E-state index contributed by atoms with van der Waals surface area (Å²) >= 11 is 0. The Kier molecular flexibility index (Phi) is 5.93. The number of hydrogen-bond donors (Lipinski definition) is 1. The maximum atomic E-state index is 13.1. The van der Waals surface area contributed by atoms with Crippen molar-refractivity contribution >= 4 is 5.91 Å². The van der Waals surface area contributed by atoms with E-state index < -0.39 is 0 Å². The Morgan fingerprint density at radius 1 is 1.29 bits per heavy atom. The number of benzene rings is 1. The van der Waals surface area contributed by atoms with Crippen molar-refractivity contribution < 1.29 is 14.3 Å². The molecule has 1 amide bonds. The zero-order chi connectivity index (χ0) is 19.6. The fourth-order valence-corrected chi connectivity index (χ4v) is 5.07. The third-order valence-corrected chi connectivity index (χ3v) is 6.37. The van der Waals surface area contributed by atoms with Crippen molar-refractivity contribution in [1.82, 2.24) is 10.2 Å². The number of amides is 1. The van der Waals surface area contributed by atoms with E-state index in [1.165, 1.54) is 6.42 Å². The summed E-state index contributed by atoms with van der Waals surface area (Å²) in [5.41, 5.74) is 1.65. The Balaban J connectivity index is 1.48. The molecular formula is C23H34N2O3. The largest absolute Gasteiger partial charge is 0.493 e. The number of nitrogens with one attached hydrogen (secondary N) is 1. The van der Waals surface area contributed by atoms with Gasteiger partial charge in [0.15, 0.2) is 0 Å². The smallest absolute Gasteiger partial charge is 0.251 e. The quantitative estimate of drug-likeness (QED) is 0.862. The summed E-state index contributed by atoms with van der Waals surface area (Å²) in [6.07, 6.45) is 6.36. The highest BCUT2D eigenvalue weighted by molar-refractivity contribution is 5.95. The van der Waals surface area contributed by atoms with Gasteiger partial charge in [0.1, 0.15) is 11.4 Å². The first-order valence-electron chi connectivity index (χ1n) is 11.0. The third-order valence-electron chi connectivity index (χ3n) is 6.37. The highest BCUT2D eigenvalue weighted by atomic mass is 16.5. The van der Waals surface area contributed by atoms with Crippen molar-refractivity contribution in [2.45, 2.75) is 64.0 Å². The van der Waals surface area contributed by atoms with Crippen molar-refractivity contribution in [1.29, 1.82) is 0 Å². The van der Waals surface area contributed by atoms with Crippen LogP contribution in [0.1, 0.15) is 61.9 Å². The maximum Gasteiger partial charge on any atom is 0.251 e. The summed E-state index contributed by atoms with van der Waals surface area (Å²) < 4.78 is 12.1. The van der Waals surface area contributed by atoms with E-state index in [1.807, 2.05) is 18.2 Å². The van der Waals surface area contributed by atoms with E-state index in [-0.39, 0.29) is 17.6 Å². The van der Waals surface area contributed by atoms with Crippen LogP contribution in [0.4, 0.5) is 0 Å². The van der Waals surface area contributed by atoms with E-state index in [0.717, 1.165) is 81.8 Å².